The zero-order valence-electron chi connectivity index (χ0n) is 21.1. The van der Waals surface area contributed by atoms with Gasteiger partial charge in [-0.05, 0) is 48.0 Å². The van der Waals surface area contributed by atoms with Crippen LogP contribution in [-0.4, -0.2) is 34.0 Å². The van der Waals surface area contributed by atoms with Crippen LogP contribution in [0.4, 0.5) is 30.2 Å². The minimum Gasteiger partial charge on any atom is -0.478 e. The van der Waals surface area contributed by atoms with Crippen LogP contribution >= 0.6 is 0 Å². The Morgan fingerprint density at radius 3 is 2.22 bits per heavy atom. The second-order valence-corrected chi connectivity index (χ2v) is 8.68. The number of hydrogen-bond acceptors (Lipinski definition) is 7. The number of carbonyl (C=O) groups is 4. The second kappa shape index (κ2) is 10.8. The van der Waals surface area contributed by atoms with Crippen molar-refractivity contribution in [2.24, 2.45) is 0 Å². The van der Waals surface area contributed by atoms with Crippen molar-refractivity contribution in [3.63, 3.8) is 0 Å². The van der Waals surface area contributed by atoms with Gasteiger partial charge in [-0.1, -0.05) is 11.2 Å². The van der Waals surface area contributed by atoms with Crippen LogP contribution in [0, 0.1) is 11.3 Å². The van der Waals surface area contributed by atoms with Gasteiger partial charge in [-0.25, -0.2) is 4.79 Å². The topological polar surface area (TPSA) is 174 Å². The average molecular weight is 565 g/mol. The third-order valence-electron chi connectivity index (χ3n) is 5.70. The van der Waals surface area contributed by atoms with Gasteiger partial charge in [0.05, 0.1) is 33.8 Å². The molecule has 3 aromatic carbocycles. The molecule has 4 rings (SSSR count). The fraction of sp³-hybridized carbons (Fsp3) is 0.111. The quantitative estimate of drug-likeness (QED) is 0.245. The van der Waals surface area contributed by atoms with E-state index in [1.165, 1.54) is 30.3 Å². The molecule has 1 aromatic heterocycles. The number of carboxylic acid groups (broad SMARTS) is 1. The number of fused-ring (bicyclic) bond motifs is 1. The highest BCUT2D eigenvalue weighted by atomic mass is 19.4. The number of aromatic carboxylic acids is 1. The van der Waals surface area contributed by atoms with E-state index in [2.05, 4.69) is 21.1 Å². The molecule has 0 saturated heterocycles. The molecule has 0 radical (unpaired) electrons. The first-order valence-electron chi connectivity index (χ1n) is 11.6. The van der Waals surface area contributed by atoms with Crippen molar-refractivity contribution in [3.05, 3.63) is 71.0 Å². The Labute approximate surface area is 228 Å². The van der Waals surface area contributed by atoms with Crippen molar-refractivity contribution in [2.45, 2.75) is 20.0 Å². The molecule has 0 bridgehead atoms. The predicted molar refractivity (Wildman–Crippen MR) is 139 cm³/mol. The number of carboxylic acids is 1. The first-order chi connectivity index (χ1) is 19.3. The van der Waals surface area contributed by atoms with Gasteiger partial charge in [-0.15, -0.1) is 0 Å². The lowest BCUT2D eigenvalue weighted by molar-refractivity contribution is -0.137. The van der Waals surface area contributed by atoms with Gasteiger partial charge < -0.3 is 25.6 Å². The number of amides is 3. The van der Waals surface area contributed by atoms with E-state index in [-0.39, 0.29) is 50.2 Å². The number of hydrogen-bond donors (Lipinski definition) is 4. The van der Waals surface area contributed by atoms with Crippen molar-refractivity contribution in [3.8, 4) is 17.2 Å². The molecule has 0 saturated carbocycles. The van der Waals surface area contributed by atoms with E-state index in [4.69, 9.17) is 9.78 Å². The molecule has 0 aliphatic carbocycles. The van der Waals surface area contributed by atoms with Crippen LogP contribution in [0.15, 0.2) is 53.1 Å². The molecule has 0 spiro atoms. The van der Waals surface area contributed by atoms with Crippen LogP contribution in [0.2, 0.25) is 0 Å². The van der Waals surface area contributed by atoms with E-state index in [1.54, 1.807) is 6.07 Å². The molecule has 208 valence electrons. The Bertz CT molecular complexity index is 1790. The maximum atomic E-state index is 14.1. The standard InChI is InChI=1S/C27H18F3N5O6/c1-12(36)32-15-4-5-16(20(8-15)27(28,29)30)17-9-23-18(10-22(17)33-13(2)37)24(41-35-23)25(38)34-21-6-3-14(11-31)7-19(21)26(39)40/h3-10H,1-2H3,(H,32,36)(H,33,37)(H,34,38)(H,39,40). The Morgan fingerprint density at radius 1 is 0.902 bits per heavy atom. The van der Waals surface area contributed by atoms with Gasteiger partial charge >= 0.3 is 12.1 Å². The van der Waals surface area contributed by atoms with E-state index in [0.717, 1.165) is 32.0 Å². The highest BCUT2D eigenvalue weighted by Gasteiger charge is 2.35. The molecular weight excluding hydrogens is 547 g/mol. The first-order valence-corrected chi connectivity index (χ1v) is 11.6. The Kier molecular flexibility index (Phi) is 7.46. The summed E-state index contributed by atoms with van der Waals surface area (Å²) in [6.07, 6.45) is -4.86. The second-order valence-electron chi connectivity index (χ2n) is 8.68. The lowest BCUT2D eigenvalue weighted by atomic mass is 9.95. The van der Waals surface area contributed by atoms with Crippen molar-refractivity contribution in [1.29, 1.82) is 5.26 Å². The van der Waals surface area contributed by atoms with E-state index < -0.39 is 41.2 Å². The molecule has 1 heterocycles. The van der Waals surface area contributed by atoms with Gasteiger partial charge in [0.15, 0.2) is 0 Å². The van der Waals surface area contributed by atoms with Crippen LogP contribution in [-0.2, 0) is 15.8 Å². The number of nitrogens with zero attached hydrogens (tertiary/aromatic N) is 2. The zero-order valence-corrected chi connectivity index (χ0v) is 21.1. The number of anilines is 3. The average Bonchev–Trinajstić information content (AvgIpc) is 3.30. The zero-order chi connectivity index (χ0) is 30.1. The maximum Gasteiger partial charge on any atom is 0.417 e. The predicted octanol–water partition coefficient (Wildman–Crippen LogP) is 5.25. The molecule has 0 unspecified atom stereocenters. The minimum atomic E-state index is -4.86. The molecule has 4 aromatic rings. The van der Waals surface area contributed by atoms with Crippen LogP contribution in [0.5, 0.6) is 0 Å². The van der Waals surface area contributed by atoms with E-state index in [9.17, 15) is 37.5 Å². The highest BCUT2D eigenvalue weighted by Crippen LogP contribution is 2.42. The molecule has 41 heavy (non-hydrogen) atoms. The largest absolute Gasteiger partial charge is 0.478 e. The number of nitriles is 1. The summed E-state index contributed by atoms with van der Waals surface area (Å²) in [6.45, 7) is 2.28. The summed E-state index contributed by atoms with van der Waals surface area (Å²) in [7, 11) is 0. The van der Waals surface area contributed by atoms with Gasteiger partial charge in [0.1, 0.15) is 5.52 Å². The van der Waals surface area contributed by atoms with Gasteiger partial charge in [0.25, 0.3) is 5.91 Å². The van der Waals surface area contributed by atoms with Crippen LogP contribution in [0.25, 0.3) is 22.0 Å². The molecule has 0 aliphatic rings. The molecule has 0 atom stereocenters. The van der Waals surface area contributed by atoms with Crippen molar-refractivity contribution < 1.29 is 42.0 Å². The van der Waals surface area contributed by atoms with Crippen molar-refractivity contribution >= 4 is 51.7 Å². The first kappa shape index (κ1) is 28.3. The Hall–Kier alpha value is -5.71. The van der Waals surface area contributed by atoms with Gasteiger partial charge in [0, 0.05) is 30.8 Å². The van der Waals surface area contributed by atoms with E-state index >= 15 is 0 Å². The van der Waals surface area contributed by atoms with E-state index in [1.807, 2.05) is 0 Å². The summed E-state index contributed by atoms with van der Waals surface area (Å²) in [5, 5.41) is 29.4. The van der Waals surface area contributed by atoms with Crippen molar-refractivity contribution in [2.75, 3.05) is 16.0 Å². The summed E-state index contributed by atoms with van der Waals surface area (Å²) in [4.78, 5) is 48.0. The number of alkyl halides is 3. The van der Waals surface area contributed by atoms with Gasteiger partial charge in [-0.3, -0.25) is 14.4 Å². The minimum absolute atomic E-state index is 0.00365. The molecule has 11 nitrogen and oxygen atoms in total. The molecule has 0 aliphatic heterocycles. The van der Waals surface area contributed by atoms with Crippen LogP contribution in [0.3, 0.4) is 0 Å². The Balaban J connectivity index is 1.84. The molecule has 14 heteroatoms. The maximum absolute atomic E-state index is 14.1. The molecule has 0 fully saturated rings. The van der Waals surface area contributed by atoms with E-state index in [0.29, 0.717) is 0 Å². The summed E-state index contributed by atoms with van der Waals surface area (Å²) < 4.78 is 47.4. The molecule has 3 amide bonds. The summed E-state index contributed by atoms with van der Waals surface area (Å²) >= 11 is 0. The molecular formula is C27H18F3N5O6. The lowest BCUT2D eigenvalue weighted by Crippen LogP contribution is -2.15. The number of carbonyl (C=O) groups excluding carboxylic acids is 3. The lowest BCUT2D eigenvalue weighted by Gasteiger charge is -2.18. The Morgan fingerprint density at radius 2 is 1.61 bits per heavy atom. The van der Waals surface area contributed by atoms with Gasteiger partial charge in [0.2, 0.25) is 17.6 Å². The number of aromatic nitrogens is 1. The SMILES string of the molecule is CC(=O)Nc1ccc(-c2cc3noc(C(=O)Nc4ccc(C#N)cc4C(=O)O)c3cc2NC(C)=O)c(C(F)(F)F)c1. The third-order valence-corrected chi connectivity index (χ3v) is 5.70. The van der Waals surface area contributed by atoms with Gasteiger partial charge in [-0.2, -0.15) is 18.4 Å². The number of nitrogens with one attached hydrogen (secondary N) is 3. The molecule has 4 N–H and O–H groups in total. The third kappa shape index (κ3) is 5.98. The summed E-state index contributed by atoms with van der Waals surface area (Å²) in [5.41, 5.74) is -2.30. The fourth-order valence-corrected chi connectivity index (χ4v) is 4.04. The number of halogens is 3. The summed E-state index contributed by atoms with van der Waals surface area (Å²) in [6, 6.07) is 10.9. The highest BCUT2D eigenvalue weighted by molar-refractivity contribution is 6.14. The monoisotopic (exact) mass is 565 g/mol. The summed E-state index contributed by atoms with van der Waals surface area (Å²) in [5.74, 6) is -3.98. The van der Waals surface area contributed by atoms with Crippen LogP contribution in [0.1, 0.15) is 45.9 Å². The number of rotatable bonds is 6. The smallest absolute Gasteiger partial charge is 0.417 e. The normalized spacial score (nSPS) is 11.0. The number of benzene rings is 3. The van der Waals surface area contributed by atoms with Crippen LogP contribution < -0.4 is 16.0 Å². The van der Waals surface area contributed by atoms with Crippen molar-refractivity contribution in [1.82, 2.24) is 5.16 Å². The fourth-order valence-electron chi connectivity index (χ4n) is 4.04.